The van der Waals surface area contributed by atoms with Crippen LogP contribution in [0.15, 0.2) is 59.5 Å². The molecule has 9 nitrogen and oxygen atoms in total. The van der Waals surface area contributed by atoms with E-state index in [0.29, 0.717) is 34.0 Å². The Morgan fingerprint density at radius 2 is 1.67 bits per heavy atom. The normalized spacial score (nSPS) is 12.8. The molecule has 238 valence electrons. The predicted molar refractivity (Wildman–Crippen MR) is 156 cm³/mol. The molecular formula is C31H29F5N4O5. The number of nitrogens with one attached hydrogen (secondary N) is 2. The van der Waals surface area contributed by atoms with Crippen LogP contribution in [0, 0.1) is 11.6 Å². The Hall–Kier alpha value is -5.01. The predicted octanol–water partition coefficient (Wildman–Crippen LogP) is 5.15. The minimum Gasteiger partial charge on any atom is -0.494 e. The van der Waals surface area contributed by atoms with E-state index in [1.54, 1.807) is 36.4 Å². The highest BCUT2D eigenvalue weighted by Crippen LogP contribution is 2.34. The first kappa shape index (κ1) is 32.9. The molecule has 0 aliphatic carbocycles. The van der Waals surface area contributed by atoms with Crippen molar-refractivity contribution in [3.05, 3.63) is 87.8 Å². The van der Waals surface area contributed by atoms with Crippen molar-refractivity contribution in [1.29, 1.82) is 0 Å². The van der Waals surface area contributed by atoms with Gasteiger partial charge >= 0.3 is 12.1 Å². The molecule has 0 aliphatic heterocycles. The molecule has 0 unspecified atom stereocenters. The number of alkyl halides is 3. The maximum atomic E-state index is 14.9. The maximum absolute atomic E-state index is 14.9. The summed E-state index contributed by atoms with van der Waals surface area (Å²) in [7, 11) is 3.96. The number of aromatic nitrogens is 2. The number of carbonyl (C=O) groups excluding carboxylic acids is 2. The van der Waals surface area contributed by atoms with Gasteiger partial charge in [-0.15, -0.1) is 0 Å². The lowest BCUT2D eigenvalue weighted by Crippen LogP contribution is -2.43. The van der Waals surface area contributed by atoms with E-state index < -0.39 is 65.0 Å². The van der Waals surface area contributed by atoms with Crippen LogP contribution in [0.3, 0.4) is 0 Å². The molecule has 0 bridgehead atoms. The van der Waals surface area contributed by atoms with Crippen molar-refractivity contribution in [2.24, 2.45) is 7.05 Å². The number of carbonyl (C=O) groups is 2. The zero-order valence-electron chi connectivity index (χ0n) is 24.6. The van der Waals surface area contributed by atoms with Crippen molar-refractivity contribution in [3.8, 4) is 16.9 Å². The van der Waals surface area contributed by atoms with Gasteiger partial charge in [0.25, 0.3) is 11.5 Å². The van der Waals surface area contributed by atoms with E-state index >= 15 is 0 Å². The van der Waals surface area contributed by atoms with E-state index in [1.807, 2.05) is 5.32 Å². The highest BCUT2D eigenvalue weighted by molar-refractivity contribution is 6.00. The first-order valence-electron chi connectivity index (χ1n) is 13.6. The summed E-state index contributed by atoms with van der Waals surface area (Å²) in [6.07, 6.45) is -3.86. The van der Waals surface area contributed by atoms with E-state index in [2.05, 4.69) is 10.4 Å². The van der Waals surface area contributed by atoms with Crippen molar-refractivity contribution in [3.63, 3.8) is 0 Å². The Labute approximate surface area is 253 Å². The van der Waals surface area contributed by atoms with Gasteiger partial charge in [0.1, 0.15) is 29.3 Å². The van der Waals surface area contributed by atoms with Gasteiger partial charge in [0, 0.05) is 19.2 Å². The van der Waals surface area contributed by atoms with Crippen molar-refractivity contribution < 1.29 is 41.0 Å². The number of hydrogen-bond acceptors (Lipinski definition) is 7. The van der Waals surface area contributed by atoms with E-state index in [9.17, 15) is 36.3 Å². The number of rotatable bonds is 10. The summed E-state index contributed by atoms with van der Waals surface area (Å²) in [5.74, 6) is -4.86. The lowest BCUT2D eigenvalue weighted by molar-refractivity contribution is -0.143. The van der Waals surface area contributed by atoms with Crippen LogP contribution in [0.1, 0.15) is 29.3 Å². The molecule has 14 heteroatoms. The van der Waals surface area contributed by atoms with E-state index in [1.165, 1.54) is 27.3 Å². The number of esters is 1. The third-order valence-corrected chi connectivity index (χ3v) is 7.23. The smallest absolute Gasteiger partial charge is 0.408 e. The van der Waals surface area contributed by atoms with Gasteiger partial charge < -0.3 is 20.1 Å². The Balaban J connectivity index is 1.68. The zero-order chi connectivity index (χ0) is 33.1. The van der Waals surface area contributed by atoms with Crippen molar-refractivity contribution in [1.82, 2.24) is 15.1 Å². The van der Waals surface area contributed by atoms with Crippen LogP contribution in [0.4, 0.5) is 27.6 Å². The van der Waals surface area contributed by atoms with Crippen molar-refractivity contribution >= 4 is 28.3 Å². The molecule has 0 aliphatic rings. The summed E-state index contributed by atoms with van der Waals surface area (Å²) in [6.45, 7) is 1.25. The zero-order valence-corrected chi connectivity index (χ0v) is 24.6. The number of benzene rings is 3. The molecule has 2 atom stereocenters. The Bertz CT molecular complexity index is 1780. The number of aryl methyl sites for hydroxylation is 1. The molecule has 0 spiro atoms. The van der Waals surface area contributed by atoms with Crippen molar-refractivity contribution in [2.45, 2.75) is 38.0 Å². The lowest BCUT2D eigenvalue weighted by Gasteiger charge is -2.22. The molecule has 1 amide bonds. The van der Waals surface area contributed by atoms with Gasteiger partial charge in [-0.3, -0.25) is 9.59 Å². The van der Waals surface area contributed by atoms with E-state index in [4.69, 9.17) is 9.47 Å². The molecule has 3 aromatic carbocycles. The first-order valence-corrected chi connectivity index (χ1v) is 13.6. The standard InChI is InChI=1S/C31H29F5N4O5/c1-5-25(31(34,35)36)38-17-13-21(32)27(22(33)14-17)28(41)39-23(30(43)45-4)12-16-10-11-20(19-9-7-6-8-18(16)19)26-24(44-3)15-37-40(2)29(26)42/h6-11,13-15,23,25,38H,5,12H2,1-4H3,(H,39,41)/t23-,25+/m0/s1. The number of nitrogens with zero attached hydrogens (tertiary/aromatic N) is 2. The van der Waals surface area contributed by atoms with Crippen LogP contribution in [0.2, 0.25) is 0 Å². The molecule has 1 heterocycles. The number of methoxy groups -OCH3 is 2. The second-order valence-electron chi connectivity index (χ2n) is 10.0. The van der Waals surface area contributed by atoms with Crippen LogP contribution in [-0.2, 0) is 23.0 Å². The number of hydrogen-bond donors (Lipinski definition) is 2. The molecule has 2 N–H and O–H groups in total. The highest BCUT2D eigenvalue weighted by Gasteiger charge is 2.38. The largest absolute Gasteiger partial charge is 0.494 e. The fraction of sp³-hybridized carbons (Fsp3) is 0.290. The molecule has 0 saturated carbocycles. The summed E-state index contributed by atoms with van der Waals surface area (Å²) in [5, 5.41) is 9.49. The summed E-state index contributed by atoms with van der Waals surface area (Å²) in [5.41, 5.74) is -0.728. The number of fused-ring (bicyclic) bond motifs is 1. The van der Waals surface area contributed by atoms with E-state index in [0.717, 1.165) is 11.8 Å². The summed E-state index contributed by atoms with van der Waals surface area (Å²) >= 11 is 0. The summed E-state index contributed by atoms with van der Waals surface area (Å²) < 4.78 is 80.6. The van der Waals surface area contributed by atoms with Crippen LogP contribution in [0.25, 0.3) is 21.9 Å². The number of ether oxygens (including phenoxy) is 2. The summed E-state index contributed by atoms with van der Waals surface area (Å²) in [4.78, 5) is 38.8. The summed E-state index contributed by atoms with van der Waals surface area (Å²) in [6, 6.07) is 7.88. The lowest BCUT2D eigenvalue weighted by atomic mass is 9.92. The molecular weight excluding hydrogens is 603 g/mol. The van der Waals surface area contributed by atoms with Gasteiger partial charge in [-0.1, -0.05) is 43.3 Å². The third kappa shape index (κ3) is 6.89. The number of anilines is 1. The Kier molecular flexibility index (Phi) is 9.74. The highest BCUT2D eigenvalue weighted by atomic mass is 19.4. The molecule has 1 aromatic heterocycles. The van der Waals surface area contributed by atoms with Gasteiger partial charge in [0.05, 0.1) is 26.0 Å². The molecule has 0 fully saturated rings. The molecule has 45 heavy (non-hydrogen) atoms. The number of halogens is 5. The Morgan fingerprint density at radius 3 is 2.24 bits per heavy atom. The van der Waals surface area contributed by atoms with Gasteiger partial charge in [-0.25, -0.2) is 18.3 Å². The fourth-order valence-corrected chi connectivity index (χ4v) is 4.96. The van der Waals surface area contributed by atoms with E-state index in [-0.39, 0.29) is 17.7 Å². The van der Waals surface area contributed by atoms with Crippen LogP contribution >= 0.6 is 0 Å². The van der Waals surface area contributed by atoms with Gasteiger partial charge in [0.15, 0.2) is 5.75 Å². The van der Waals surface area contributed by atoms with Gasteiger partial charge in [-0.2, -0.15) is 18.3 Å². The van der Waals surface area contributed by atoms with Crippen LogP contribution in [-0.4, -0.2) is 54.1 Å². The second-order valence-corrected chi connectivity index (χ2v) is 10.0. The molecule has 0 saturated heterocycles. The third-order valence-electron chi connectivity index (χ3n) is 7.23. The topological polar surface area (TPSA) is 112 Å². The SMILES string of the molecule is CC[C@@H](Nc1cc(F)c(C(=O)N[C@@H](Cc2ccc(-c3c(OC)cnn(C)c3=O)c3ccccc23)C(=O)OC)c(F)c1)C(F)(F)F. The van der Waals surface area contributed by atoms with Gasteiger partial charge in [0.2, 0.25) is 0 Å². The van der Waals surface area contributed by atoms with Gasteiger partial charge in [-0.05, 0) is 40.5 Å². The average Bonchev–Trinajstić information content (AvgIpc) is 2.99. The fourth-order valence-electron chi connectivity index (χ4n) is 4.96. The quantitative estimate of drug-likeness (QED) is 0.184. The molecule has 0 radical (unpaired) electrons. The minimum atomic E-state index is -4.67. The van der Waals surface area contributed by atoms with Crippen molar-refractivity contribution in [2.75, 3.05) is 19.5 Å². The monoisotopic (exact) mass is 632 g/mol. The molecule has 4 aromatic rings. The number of amides is 1. The second kappa shape index (κ2) is 13.3. The van der Waals surface area contributed by atoms with Crippen LogP contribution in [0.5, 0.6) is 5.75 Å². The molecule has 4 rings (SSSR count). The van der Waals surface area contributed by atoms with Crippen LogP contribution < -0.4 is 20.9 Å². The Morgan fingerprint density at radius 1 is 1.02 bits per heavy atom. The minimum absolute atomic E-state index is 0.183. The average molecular weight is 633 g/mol. The first-order chi connectivity index (χ1) is 21.3. The maximum Gasteiger partial charge on any atom is 0.408 e.